The van der Waals surface area contributed by atoms with Crippen molar-refractivity contribution >= 4 is 17.7 Å². The molecule has 2 N–H and O–H groups in total. The van der Waals surface area contributed by atoms with Crippen molar-refractivity contribution in [3.05, 3.63) is 17.5 Å². The van der Waals surface area contributed by atoms with Crippen LogP contribution in [0.4, 0.5) is 0 Å². The van der Waals surface area contributed by atoms with Crippen molar-refractivity contribution in [1.82, 2.24) is 10.5 Å². The topological polar surface area (TPSA) is 75.4 Å². The van der Waals surface area contributed by atoms with E-state index in [-0.39, 0.29) is 5.69 Å². The number of hydrogen-bond acceptors (Lipinski definition) is 5. The van der Waals surface area contributed by atoms with Crippen LogP contribution in [0.2, 0.25) is 0 Å². The summed E-state index contributed by atoms with van der Waals surface area (Å²) in [6, 6.07) is 1.46. The van der Waals surface area contributed by atoms with Crippen LogP contribution in [0.3, 0.4) is 0 Å². The molecule has 0 spiro atoms. The first-order valence-corrected chi connectivity index (χ1v) is 6.88. The summed E-state index contributed by atoms with van der Waals surface area (Å²) >= 11 is 2.01. The second-order valence-electron chi connectivity index (χ2n) is 4.17. The highest BCUT2D eigenvalue weighted by atomic mass is 32.2. The van der Waals surface area contributed by atoms with Gasteiger partial charge in [0.25, 0.3) is 0 Å². The Bertz CT molecular complexity index is 375. The van der Waals surface area contributed by atoms with Crippen molar-refractivity contribution in [3.63, 3.8) is 0 Å². The summed E-state index contributed by atoms with van der Waals surface area (Å²) in [5.74, 6) is 2.75. The van der Waals surface area contributed by atoms with Crippen molar-refractivity contribution in [3.8, 4) is 0 Å². The van der Waals surface area contributed by atoms with Crippen molar-refractivity contribution in [2.75, 3.05) is 18.1 Å². The molecule has 1 saturated heterocycles. The first kappa shape index (κ1) is 12.4. The van der Waals surface area contributed by atoms with Gasteiger partial charge in [0.15, 0.2) is 11.5 Å². The minimum Gasteiger partial charge on any atom is -0.476 e. The standard InChI is InChI=1S/C11H16N2O3S/c14-11(15)10-5-9(16-13-10)7-12-6-8-1-3-17-4-2-8/h5,8,12H,1-4,6-7H2,(H,14,15). The lowest BCUT2D eigenvalue weighted by atomic mass is 10.0. The van der Waals surface area contributed by atoms with Gasteiger partial charge in [0, 0.05) is 6.07 Å². The molecule has 0 aromatic carbocycles. The molecular weight excluding hydrogens is 240 g/mol. The van der Waals surface area contributed by atoms with Gasteiger partial charge in [0.05, 0.1) is 6.54 Å². The minimum atomic E-state index is -1.05. The lowest BCUT2D eigenvalue weighted by Gasteiger charge is -2.21. The monoisotopic (exact) mass is 256 g/mol. The minimum absolute atomic E-state index is 0.0316. The summed E-state index contributed by atoms with van der Waals surface area (Å²) in [4.78, 5) is 10.6. The van der Waals surface area contributed by atoms with Crippen molar-refractivity contribution in [2.45, 2.75) is 19.4 Å². The molecule has 1 aromatic heterocycles. The zero-order valence-corrected chi connectivity index (χ0v) is 10.3. The molecule has 0 saturated carbocycles. The average Bonchev–Trinajstić information content (AvgIpc) is 2.79. The third-order valence-electron chi connectivity index (χ3n) is 2.85. The second kappa shape index (κ2) is 6.07. The van der Waals surface area contributed by atoms with Crippen molar-refractivity contribution in [2.24, 2.45) is 5.92 Å². The summed E-state index contributed by atoms with van der Waals surface area (Å²) in [6.45, 7) is 1.51. The van der Waals surface area contributed by atoms with Crippen LogP contribution in [0.25, 0.3) is 0 Å². The summed E-state index contributed by atoms with van der Waals surface area (Å²) in [5.41, 5.74) is -0.0316. The molecule has 0 aliphatic carbocycles. The van der Waals surface area contributed by atoms with Gasteiger partial charge in [0.1, 0.15) is 0 Å². The molecule has 0 atom stereocenters. The van der Waals surface area contributed by atoms with E-state index in [1.54, 1.807) is 0 Å². The Kier molecular flexibility index (Phi) is 4.44. The smallest absolute Gasteiger partial charge is 0.358 e. The Labute approximate surface area is 104 Å². The molecule has 2 heterocycles. The number of carbonyl (C=O) groups is 1. The van der Waals surface area contributed by atoms with Gasteiger partial charge in [-0.3, -0.25) is 0 Å². The number of thioether (sulfide) groups is 1. The zero-order chi connectivity index (χ0) is 12.1. The first-order valence-electron chi connectivity index (χ1n) is 5.73. The summed E-state index contributed by atoms with van der Waals surface area (Å²) < 4.78 is 4.92. The fourth-order valence-electron chi connectivity index (χ4n) is 1.85. The average molecular weight is 256 g/mol. The quantitative estimate of drug-likeness (QED) is 0.833. The Morgan fingerprint density at radius 2 is 2.35 bits per heavy atom. The Morgan fingerprint density at radius 3 is 3.00 bits per heavy atom. The summed E-state index contributed by atoms with van der Waals surface area (Å²) in [5, 5.41) is 15.4. The number of carboxylic acids is 1. The largest absolute Gasteiger partial charge is 0.476 e. The molecule has 0 radical (unpaired) electrons. The van der Waals surface area contributed by atoms with E-state index in [2.05, 4.69) is 10.5 Å². The number of hydrogen-bond donors (Lipinski definition) is 2. The number of carboxylic acid groups (broad SMARTS) is 1. The number of nitrogens with zero attached hydrogens (tertiary/aromatic N) is 1. The van der Waals surface area contributed by atoms with Crippen LogP contribution < -0.4 is 5.32 Å². The molecule has 6 heteroatoms. The number of rotatable bonds is 5. The van der Waals surface area contributed by atoms with E-state index < -0.39 is 5.97 Å². The van der Waals surface area contributed by atoms with Gasteiger partial charge in [-0.25, -0.2) is 4.79 Å². The van der Waals surface area contributed by atoms with E-state index in [1.165, 1.54) is 30.4 Å². The SMILES string of the molecule is O=C(O)c1cc(CNCC2CCSCC2)on1. The van der Waals surface area contributed by atoms with Gasteiger partial charge in [0.2, 0.25) is 0 Å². The van der Waals surface area contributed by atoms with Crippen LogP contribution in [0, 0.1) is 5.92 Å². The van der Waals surface area contributed by atoms with Crippen LogP contribution in [-0.4, -0.2) is 34.3 Å². The van der Waals surface area contributed by atoms with E-state index in [1.807, 2.05) is 11.8 Å². The van der Waals surface area contributed by atoms with Crippen LogP contribution in [-0.2, 0) is 6.54 Å². The third kappa shape index (κ3) is 3.74. The molecule has 1 aliphatic heterocycles. The second-order valence-corrected chi connectivity index (χ2v) is 5.40. The molecule has 0 bridgehead atoms. The number of aromatic carboxylic acids is 1. The molecule has 1 aromatic rings. The molecule has 1 aliphatic rings. The highest BCUT2D eigenvalue weighted by Gasteiger charge is 2.14. The Hall–Kier alpha value is -1.01. The van der Waals surface area contributed by atoms with E-state index in [4.69, 9.17) is 9.63 Å². The maximum absolute atomic E-state index is 10.6. The van der Waals surface area contributed by atoms with Gasteiger partial charge in [-0.15, -0.1) is 0 Å². The van der Waals surface area contributed by atoms with Gasteiger partial charge in [-0.2, -0.15) is 11.8 Å². The lowest BCUT2D eigenvalue weighted by molar-refractivity contribution is 0.0685. The fraction of sp³-hybridized carbons (Fsp3) is 0.636. The molecule has 17 heavy (non-hydrogen) atoms. The highest BCUT2D eigenvalue weighted by molar-refractivity contribution is 7.99. The third-order valence-corrected chi connectivity index (χ3v) is 3.90. The molecule has 5 nitrogen and oxygen atoms in total. The number of nitrogens with one attached hydrogen (secondary N) is 1. The van der Waals surface area contributed by atoms with Crippen molar-refractivity contribution < 1.29 is 14.4 Å². The zero-order valence-electron chi connectivity index (χ0n) is 9.52. The predicted molar refractivity (Wildman–Crippen MR) is 65.2 cm³/mol. The van der Waals surface area contributed by atoms with Crippen molar-refractivity contribution in [1.29, 1.82) is 0 Å². The molecule has 2 rings (SSSR count). The molecule has 94 valence electrons. The molecule has 0 amide bonds. The van der Waals surface area contributed by atoms with E-state index in [9.17, 15) is 4.79 Å². The Morgan fingerprint density at radius 1 is 1.59 bits per heavy atom. The maximum Gasteiger partial charge on any atom is 0.358 e. The number of aromatic nitrogens is 1. The molecule has 0 unspecified atom stereocenters. The Balaban J connectivity index is 1.71. The summed E-state index contributed by atoms with van der Waals surface area (Å²) in [6.07, 6.45) is 2.52. The van der Waals surface area contributed by atoms with Gasteiger partial charge >= 0.3 is 5.97 Å². The lowest BCUT2D eigenvalue weighted by Crippen LogP contribution is -2.25. The first-order chi connectivity index (χ1) is 8.25. The van der Waals surface area contributed by atoms with Crippen LogP contribution in [0.1, 0.15) is 29.1 Å². The highest BCUT2D eigenvalue weighted by Crippen LogP contribution is 2.21. The van der Waals surface area contributed by atoms with Gasteiger partial charge in [-0.1, -0.05) is 5.16 Å². The van der Waals surface area contributed by atoms with E-state index in [0.717, 1.165) is 12.5 Å². The predicted octanol–water partition coefficient (Wildman–Crippen LogP) is 1.61. The fourth-order valence-corrected chi connectivity index (χ4v) is 3.05. The van der Waals surface area contributed by atoms with Crippen LogP contribution in [0.5, 0.6) is 0 Å². The van der Waals surface area contributed by atoms with E-state index >= 15 is 0 Å². The molecule has 1 fully saturated rings. The normalized spacial score (nSPS) is 17.2. The molecular formula is C11H16N2O3S. The van der Waals surface area contributed by atoms with Gasteiger partial charge < -0.3 is 14.9 Å². The van der Waals surface area contributed by atoms with Gasteiger partial charge in [-0.05, 0) is 36.8 Å². The van der Waals surface area contributed by atoms with Crippen LogP contribution in [0.15, 0.2) is 10.6 Å². The van der Waals surface area contributed by atoms with Crippen LogP contribution >= 0.6 is 11.8 Å². The van der Waals surface area contributed by atoms with E-state index in [0.29, 0.717) is 12.3 Å². The maximum atomic E-state index is 10.6. The summed E-state index contributed by atoms with van der Waals surface area (Å²) in [7, 11) is 0.